The van der Waals surface area contributed by atoms with Crippen LogP contribution in [0.15, 0.2) is 89.0 Å². The number of fused-ring (bicyclic) bond motifs is 1. The van der Waals surface area contributed by atoms with E-state index in [1.165, 1.54) is 27.7 Å². The van der Waals surface area contributed by atoms with Gasteiger partial charge in [-0.1, -0.05) is 35.1 Å². The highest BCUT2D eigenvalue weighted by atomic mass is 79.9. The summed E-state index contributed by atoms with van der Waals surface area (Å²) in [6.07, 6.45) is 4.63. The van der Waals surface area contributed by atoms with Crippen molar-refractivity contribution in [3.8, 4) is 0 Å². The smallest absolute Gasteiger partial charge is 0.338 e. The van der Waals surface area contributed by atoms with Crippen molar-refractivity contribution >= 4 is 62.7 Å². The second-order valence-corrected chi connectivity index (χ2v) is 11.7. The van der Waals surface area contributed by atoms with E-state index in [1.54, 1.807) is 75.6 Å². The van der Waals surface area contributed by atoms with Crippen LogP contribution in [0.1, 0.15) is 38.1 Å². The zero-order valence-electron chi connectivity index (χ0n) is 20.3. The number of thiazole rings is 1. The molecule has 5 rings (SSSR count). The van der Waals surface area contributed by atoms with Gasteiger partial charge in [-0.05, 0) is 78.3 Å². The van der Waals surface area contributed by atoms with Gasteiger partial charge in [-0.25, -0.2) is 19.8 Å². The van der Waals surface area contributed by atoms with Crippen molar-refractivity contribution < 1.29 is 13.9 Å². The Morgan fingerprint density at radius 1 is 1.26 bits per heavy atom. The molecule has 0 saturated heterocycles. The minimum absolute atomic E-state index is 0.302. The van der Waals surface area contributed by atoms with Gasteiger partial charge in [-0.15, -0.1) is 0 Å². The van der Waals surface area contributed by atoms with Crippen LogP contribution in [0.4, 0.5) is 0 Å². The zero-order valence-corrected chi connectivity index (χ0v) is 24.3. The highest BCUT2D eigenvalue weighted by molar-refractivity contribution is 9.10. The zero-order chi connectivity index (χ0) is 27.0. The van der Waals surface area contributed by atoms with Crippen molar-refractivity contribution in [1.29, 1.82) is 0 Å². The van der Waals surface area contributed by atoms with Crippen LogP contribution in [0, 0.1) is 0 Å². The number of carbonyl (C=O) groups is 1. The summed E-state index contributed by atoms with van der Waals surface area (Å²) in [5.41, 5.74) is 1.21. The standard InChI is InChI=1S/C26H20BrClN4O4S2/c1-13(2)35-23(34)20-14(3)31-26-32(21(20)15-5-7-16(28)8-6-15)22(33)19(37-26)12-17-11-18(27)24(36-17)38-25-29-9-4-10-30-25/h4-13,21H,1-3H3/b19-12+/t21-/m0/s1. The molecule has 0 fully saturated rings. The van der Waals surface area contributed by atoms with Crippen LogP contribution in [0.3, 0.4) is 0 Å². The Kier molecular flexibility index (Phi) is 7.71. The minimum atomic E-state index is -0.721. The Hall–Kier alpha value is -2.99. The van der Waals surface area contributed by atoms with Crippen molar-refractivity contribution in [3.05, 3.63) is 101 Å². The van der Waals surface area contributed by atoms with Crippen molar-refractivity contribution in [1.82, 2.24) is 14.5 Å². The van der Waals surface area contributed by atoms with Crippen molar-refractivity contribution in [3.63, 3.8) is 0 Å². The lowest BCUT2D eigenvalue weighted by Crippen LogP contribution is -2.40. The Morgan fingerprint density at radius 3 is 2.66 bits per heavy atom. The van der Waals surface area contributed by atoms with Gasteiger partial charge in [-0.2, -0.15) is 0 Å². The largest absolute Gasteiger partial charge is 0.459 e. The first kappa shape index (κ1) is 26.6. The summed E-state index contributed by atoms with van der Waals surface area (Å²) in [5.74, 6) is -0.0472. The number of benzene rings is 1. The highest BCUT2D eigenvalue weighted by Gasteiger charge is 2.33. The molecule has 1 aliphatic heterocycles. The molecule has 0 saturated carbocycles. The van der Waals surface area contributed by atoms with E-state index >= 15 is 0 Å². The summed E-state index contributed by atoms with van der Waals surface area (Å²) < 4.78 is 14.1. The number of hydrogen-bond acceptors (Lipinski definition) is 9. The number of carbonyl (C=O) groups excluding carboxylic acids is 1. The molecule has 3 aromatic heterocycles. The number of aromatic nitrogens is 3. The lowest BCUT2D eigenvalue weighted by atomic mass is 9.96. The molecule has 0 amide bonds. The minimum Gasteiger partial charge on any atom is -0.459 e. The van der Waals surface area contributed by atoms with E-state index in [1.807, 2.05) is 0 Å². The van der Waals surface area contributed by atoms with Crippen LogP contribution in [0.25, 0.3) is 6.08 Å². The fourth-order valence-corrected chi connectivity index (χ4v) is 6.27. The van der Waals surface area contributed by atoms with Crippen LogP contribution >= 0.6 is 50.6 Å². The summed E-state index contributed by atoms with van der Waals surface area (Å²) >= 11 is 12.1. The van der Waals surface area contributed by atoms with Crippen LogP contribution in [0.5, 0.6) is 0 Å². The van der Waals surface area contributed by atoms with Gasteiger partial charge in [0.15, 0.2) is 15.1 Å². The normalized spacial score (nSPS) is 15.5. The van der Waals surface area contributed by atoms with Gasteiger partial charge >= 0.3 is 5.97 Å². The van der Waals surface area contributed by atoms with Gasteiger partial charge in [0, 0.05) is 23.5 Å². The van der Waals surface area contributed by atoms with E-state index in [0.717, 1.165) is 0 Å². The molecule has 0 radical (unpaired) electrons. The monoisotopic (exact) mass is 630 g/mol. The number of furan rings is 1. The first-order valence-corrected chi connectivity index (χ1v) is 14.2. The first-order chi connectivity index (χ1) is 18.2. The maximum Gasteiger partial charge on any atom is 0.338 e. The lowest BCUT2D eigenvalue weighted by Gasteiger charge is -2.25. The van der Waals surface area contributed by atoms with Crippen LogP contribution in [-0.4, -0.2) is 26.6 Å². The van der Waals surface area contributed by atoms with Crippen molar-refractivity contribution in [2.45, 2.75) is 43.2 Å². The van der Waals surface area contributed by atoms with E-state index in [9.17, 15) is 9.59 Å². The molecule has 0 spiro atoms. The van der Waals surface area contributed by atoms with Crippen molar-refractivity contribution in [2.75, 3.05) is 0 Å². The number of halogens is 2. The molecule has 0 aliphatic carbocycles. The molecule has 0 unspecified atom stereocenters. The maximum atomic E-state index is 13.8. The van der Waals surface area contributed by atoms with Gasteiger partial charge in [0.1, 0.15) is 5.76 Å². The number of allylic oxidation sites excluding steroid dienone is 1. The average Bonchev–Trinajstić information content (AvgIpc) is 3.37. The Labute approximate surface area is 238 Å². The highest BCUT2D eigenvalue weighted by Crippen LogP contribution is 2.35. The Morgan fingerprint density at radius 2 is 1.97 bits per heavy atom. The van der Waals surface area contributed by atoms with Gasteiger partial charge in [0.25, 0.3) is 5.56 Å². The molecule has 38 heavy (non-hydrogen) atoms. The molecule has 1 aliphatic rings. The first-order valence-electron chi connectivity index (χ1n) is 11.4. The predicted octanol–water partition coefficient (Wildman–Crippen LogP) is 5.14. The molecule has 194 valence electrons. The molecule has 12 heteroatoms. The predicted molar refractivity (Wildman–Crippen MR) is 149 cm³/mol. The van der Waals surface area contributed by atoms with Crippen LogP contribution < -0.4 is 14.9 Å². The maximum absolute atomic E-state index is 13.8. The molecule has 1 aromatic carbocycles. The van der Waals surface area contributed by atoms with E-state index < -0.39 is 12.0 Å². The Balaban J connectivity index is 1.61. The number of hydrogen-bond donors (Lipinski definition) is 0. The molecule has 0 N–H and O–H groups in total. The molecular weight excluding hydrogens is 612 g/mol. The van der Waals surface area contributed by atoms with Crippen LogP contribution in [0.2, 0.25) is 5.02 Å². The van der Waals surface area contributed by atoms with Gasteiger partial charge in [-0.3, -0.25) is 9.36 Å². The topological polar surface area (TPSA) is 99.6 Å². The molecular formula is C26H20BrClN4O4S2. The Bertz CT molecular complexity index is 1730. The van der Waals surface area contributed by atoms with E-state index in [4.69, 9.17) is 20.8 Å². The third kappa shape index (κ3) is 5.42. The second kappa shape index (κ2) is 11.0. The van der Waals surface area contributed by atoms with E-state index in [-0.39, 0.29) is 11.7 Å². The van der Waals surface area contributed by atoms with Gasteiger partial charge in [0.05, 0.1) is 32.4 Å². The summed E-state index contributed by atoms with van der Waals surface area (Å²) in [6.45, 7) is 5.30. The third-order valence-corrected chi connectivity index (χ3v) is 8.41. The lowest BCUT2D eigenvalue weighted by molar-refractivity contribution is -0.143. The fourth-order valence-electron chi connectivity index (χ4n) is 3.88. The summed E-state index contributed by atoms with van der Waals surface area (Å²) in [6, 6.07) is 9.83. The van der Waals surface area contributed by atoms with E-state index in [2.05, 4.69) is 30.9 Å². The summed E-state index contributed by atoms with van der Waals surface area (Å²) in [5, 5.41) is 1.64. The summed E-state index contributed by atoms with van der Waals surface area (Å²) in [7, 11) is 0. The number of ether oxygens (including phenoxy) is 1. The number of rotatable bonds is 6. The van der Waals surface area contributed by atoms with Gasteiger partial charge < -0.3 is 9.15 Å². The SMILES string of the molecule is CC1=C(C(=O)OC(C)C)[C@H](c2ccc(Cl)cc2)n2c(s/c(=C/c3cc(Br)c(Sc4ncccn4)o3)c2=O)=N1. The average molecular weight is 632 g/mol. The van der Waals surface area contributed by atoms with Crippen molar-refractivity contribution in [2.24, 2.45) is 4.99 Å². The quantitative estimate of drug-likeness (QED) is 0.215. The number of nitrogens with zero attached hydrogens (tertiary/aromatic N) is 4. The second-order valence-electron chi connectivity index (χ2n) is 8.51. The third-order valence-electron chi connectivity index (χ3n) is 5.44. The molecule has 1 atom stereocenters. The van der Waals surface area contributed by atoms with Crippen LogP contribution in [-0.2, 0) is 9.53 Å². The molecule has 0 bridgehead atoms. The van der Waals surface area contributed by atoms with E-state index in [0.29, 0.717) is 51.7 Å². The van der Waals surface area contributed by atoms with Gasteiger partial charge in [0.2, 0.25) is 0 Å². The fraction of sp³-hybridized carbons (Fsp3) is 0.192. The molecule has 8 nitrogen and oxygen atoms in total. The molecule has 4 heterocycles. The number of esters is 1. The summed E-state index contributed by atoms with van der Waals surface area (Å²) in [4.78, 5) is 40.4. The molecule has 4 aromatic rings.